The Hall–Kier alpha value is -2.64. The highest BCUT2D eigenvalue weighted by Gasteiger charge is 2.23. The number of carboxylic acid groups (broad SMARTS) is 1. The topological polar surface area (TPSA) is 113 Å². The second-order valence-corrected chi connectivity index (χ2v) is 4.35. The molecule has 0 bridgehead atoms. The minimum atomic E-state index is -1.22. The average molecular weight is 279 g/mol. The van der Waals surface area contributed by atoms with Gasteiger partial charge in [-0.3, -0.25) is 14.9 Å². The number of aromatic carboxylic acids is 1. The van der Waals surface area contributed by atoms with Gasteiger partial charge in [-0.2, -0.15) is 0 Å². The van der Waals surface area contributed by atoms with Gasteiger partial charge in [0.25, 0.3) is 5.69 Å². The van der Waals surface area contributed by atoms with E-state index in [0.29, 0.717) is 25.3 Å². The van der Waals surface area contributed by atoms with Crippen molar-refractivity contribution < 1.29 is 19.6 Å². The van der Waals surface area contributed by atoms with E-state index in [0.717, 1.165) is 6.07 Å². The van der Waals surface area contributed by atoms with E-state index >= 15 is 0 Å². The van der Waals surface area contributed by atoms with E-state index in [1.54, 1.807) is 4.90 Å². The third-order valence-electron chi connectivity index (χ3n) is 3.07. The molecule has 8 heteroatoms. The summed E-state index contributed by atoms with van der Waals surface area (Å²) in [6.07, 6.45) is 0.248. The summed E-state index contributed by atoms with van der Waals surface area (Å²) in [6, 6.07) is 3.78. The van der Waals surface area contributed by atoms with Crippen LogP contribution in [0.25, 0.3) is 0 Å². The van der Waals surface area contributed by atoms with Gasteiger partial charge in [0.15, 0.2) is 0 Å². The van der Waals surface area contributed by atoms with Crippen molar-refractivity contribution in [1.29, 1.82) is 0 Å². The maximum absolute atomic E-state index is 11.3. The van der Waals surface area contributed by atoms with Crippen LogP contribution in [0.3, 0.4) is 0 Å². The lowest BCUT2D eigenvalue weighted by molar-refractivity contribution is -0.384. The molecule has 8 nitrogen and oxygen atoms in total. The van der Waals surface area contributed by atoms with Crippen molar-refractivity contribution in [1.82, 2.24) is 5.32 Å². The van der Waals surface area contributed by atoms with Crippen LogP contribution >= 0.6 is 0 Å². The molecule has 1 aromatic carbocycles. The molecule has 1 amide bonds. The summed E-state index contributed by atoms with van der Waals surface area (Å²) in [5, 5.41) is 22.7. The minimum Gasteiger partial charge on any atom is -0.478 e. The van der Waals surface area contributed by atoms with Crippen LogP contribution in [0.15, 0.2) is 18.2 Å². The number of carboxylic acids is 1. The zero-order chi connectivity index (χ0) is 14.7. The highest BCUT2D eigenvalue weighted by atomic mass is 16.6. The summed E-state index contributed by atoms with van der Waals surface area (Å²) in [4.78, 5) is 34.3. The summed E-state index contributed by atoms with van der Waals surface area (Å²) in [7, 11) is 0. The zero-order valence-electron chi connectivity index (χ0n) is 10.5. The molecule has 1 fully saturated rings. The molecule has 2 rings (SSSR count). The first kappa shape index (κ1) is 13.8. The number of anilines is 1. The monoisotopic (exact) mass is 279 g/mol. The SMILES string of the molecule is O=C1CCN(c2ccc(C(=O)O)cc2[N+](=O)[O-])CCN1. The van der Waals surface area contributed by atoms with Gasteiger partial charge in [0.2, 0.25) is 5.91 Å². The van der Waals surface area contributed by atoms with Gasteiger partial charge in [-0.05, 0) is 12.1 Å². The van der Waals surface area contributed by atoms with Gasteiger partial charge in [-0.15, -0.1) is 0 Å². The fraction of sp³-hybridized carbons (Fsp3) is 0.333. The van der Waals surface area contributed by atoms with Gasteiger partial charge in [0, 0.05) is 32.1 Å². The maximum Gasteiger partial charge on any atom is 0.335 e. The Balaban J connectivity index is 2.37. The predicted octanol–water partition coefficient (Wildman–Crippen LogP) is 0.619. The minimum absolute atomic E-state index is 0.0997. The lowest BCUT2D eigenvalue weighted by Gasteiger charge is -2.21. The Morgan fingerprint density at radius 3 is 2.80 bits per heavy atom. The molecule has 0 spiro atoms. The van der Waals surface area contributed by atoms with Crippen molar-refractivity contribution >= 4 is 23.3 Å². The number of hydrogen-bond donors (Lipinski definition) is 2. The quantitative estimate of drug-likeness (QED) is 0.619. The van der Waals surface area contributed by atoms with Gasteiger partial charge < -0.3 is 15.3 Å². The van der Waals surface area contributed by atoms with Crippen LogP contribution in [-0.2, 0) is 4.79 Å². The Morgan fingerprint density at radius 2 is 2.15 bits per heavy atom. The number of hydrogen-bond acceptors (Lipinski definition) is 5. The van der Waals surface area contributed by atoms with E-state index in [2.05, 4.69) is 5.32 Å². The second-order valence-electron chi connectivity index (χ2n) is 4.35. The number of benzene rings is 1. The lowest BCUT2D eigenvalue weighted by Crippen LogP contribution is -2.28. The first-order chi connectivity index (χ1) is 9.49. The molecule has 1 aromatic rings. The van der Waals surface area contributed by atoms with Crippen LogP contribution in [-0.4, -0.2) is 41.5 Å². The third kappa shape index (κ3) is 2.85. The normalized spacial score (nSPS) is 15.4. The number of nitro groups is 1. The van der Waals surface area contributed by atoms with Crippen LogP contribution in [0.2, 0.25) is 0 Å². The van der Waals surface area contributed by atoms with E-state index in [-0.39, 0.29) is 23.6 Å². The van der Waals surface area contributed by atoms with Crippen molar-refractivity contribution in [3.05, 3.63) is 33.9 Å². The summed E-state index contributed by atoms with van der Waals surface area (Å²) >= 11 is 0. The van der Waals surface area contributed by atoms with Gasteiger partial charge in [-0.1, -0.05) is 0 Å². The molecule has 1 heterocycles. The first-order valence-electron chi connectivity index (χ1n) is 6.02. The fourth-order valence-corrected chi connectivity index (χ4v) is 2.08. The largest absolute Gasteiger partial charge is 0.478 e. The van der Waals surface area contributed by atoms with Gasteiger partial charge in [0.1, 0.15) is 5.69 Å². The summed E-state index contributed by atoms with van der Waals surface area (Å²) in [5.41, 5.74) is -0.0692. The van der Waals surface area contributed by atoms with Crippen molar-refractivity contribution in [2.45, 2.75) is 6.42 Å². The van der Waals surface area contributed by atoms with Gasteiger partial charge >= 0.3 is 5.97 Å². The zero-order valence-corrected chi connectivity index (χ0v) is 10.5. The number of carbonyl (C=O) groups excluding carboxylic acids is 1. The van der Waals surface area contributed by atoms with E-state index in [4.69, 9.17) is 5.11 Å². The molecule has 20 heavy (non-hydrogen) atoms. The molecule has 2 N–H and O–H groups in total. The molecular formula is C12H13N3O5. The molecule has 0 atom stereocenters. The van der Waals surface area contributed by atoms with Crippen LogP contribution < -0.4 is 10.2 Å². The molecule has 1 aliphatic heterocycles. The fourth-order valence-electron chi connectivity index (χ4n) is 2.08. The highest BCUT2D eigenvalue weighted by Crippen LogP contribution is 2.29. The predicted molar refractivity (Wildman–Crippen MR) is 69.9 cm³/mol. The molecule has 0 aliphatic carbocycles. The van der Waals surface area contributed by atoms with E-state index in [1.807, 2.05) is 0 Å². The van der Waals surface area contributed by atoms with Crippen LogP contribution in [0.4, 0.5) is 11.4 Å². The van der Waals surface area contributed by atoms with Crippen molar-refractivity contribution in [2.24, 2.45) is 0 Å². The summed E-state index contributed by atoms with van der Waals surface area (Å²) < 4.78 is 0. The Bertz CT molecular complexity index is 572. The van der Waals surface area contributed by atoms with Crippen LogP contribution in [0, 0.1) is 10.1 Å². The maximum atomic E-state index is 11.3. The molecular weight excluding hydrogens is 266 g/mol. The molecule has 0 aromatic heterocycles. The summed E-state index contributed by atoms with van der Waals surface area (Å²) in [6.45, 7) is 1.20. The Labute approximate surface area is 114 Å². The summed E-state index contributed by atoms with van der Waals surface area (Å²) in [5.74, 6) is -1.32. The van der Waals surface area contributed by atoms with E-state index < -0.39 is 10.9 Å². The third-order valence-corrected chi connectivity index (χ3v) is 3.07. The number of nitrogens with zero attached hydrogens (tertiary/aromatic N) is 2. The second kappa shape index (κ2) is 5.55. The van der Waals surface area contributed by atoms with Gasteiger partial charge in [0.05, 0.1) is 10.5 Å². The number of nitrogens with one attached hydrogen (secondary N) is 1. The van der Waals surface area contributed by atoms with Crippen LogP contribution in [0.5, 0.6) is 0 Å². The van der Waals surface area contributed by atoms with Gasteiger partial charge in [-0.25, -0.2) is 4.79 Å². The molecule has 1 aliphatic rings. The number of amides is 1. The van der Waals surface area contributed by atoms with Crippen molar-refractivity contribution in [3.8, 4) is 0 Å². The molecule has 1 saturated heterocycles. The standard InChI is InChI=1S/C12H13N3O5/c16-11-3-5-14(6-4-13-11)9-2-1-8(12(17)18)7-10(9)15(19)20/h1-2,7H,3-6H2,(H,13,16)(H,17,18). The van der Waals surface area contributed by atoms with E-state index in [9.17, 15) is 19.7 Å². The molecule has 106 valence electrons. The lowest BCUT2D eigenvalue weighted by atomic mass is 10.1. The first-order valence-corrected chi connectivity index (χ1v) is 6.02. The Morgan fingerprint density at radius 1 is 1.40 bits per heavy atom. The van der Waals surface area contributed by atoms with E-state index in [1.165, 1.54) is 12.1 Å². The Kier molecular flexibility index (Phi) is 3.83. The van der Waals surface area contributed by atoms with Crippen molar-refractivity contribution in [2.75, 3.05) is 24.5 Å². The highest BCUT2D eigenvalue weighted by molar-refractivity contribution is 5.90. The average Bonchev–Trinajstić information content (AvgIpc) is 2.62. The number of carbonyl (C=O) groups is 2. The smallest absolute Gasteiger partial charge is 0.335 e. The molecule has 0 saturated carbocycles. The molecule has 0 radical (unpaired) electrons. The van der Waals surface area contributed by atoms with Crippen LogP contribution in [0.1, 0.15) is 16.8 Å². The molecule has 0 unspecified atom stereocenters. The van der Waals surface area contributed by atoms with Crippen molar-refractivity contribution in [3.63, 3.8) is 0 Å². The number of rotatable bonds is 3. The number of nitro benzene ring substituents is 1.